The molecule has 3 rings (SSSR count). The first-order valence-corrected chi connectivity index (χ1v) is 7.14. The average Bonchev–Trinajstić information content (AvgIpc) is 2.59. The molecule has 0 aliphatic carbocycles. The molecule has 2 aromatic carbocycles. The summed E-state index contributed by atoms with van der Waals surface area (Å²) in [7, 11) is 0. The lowest BCUT2D eigenvalue weighted by molar-refractivity contribution is -0.123. The number of hydrogen-bond acceptors (Lipinski definition) is 4. The van der Waals surface area contributed by atoms with Gasteiger partial charge in [-0.2, -0.15) is 0 Å². The molecule has 24 heavy (non-hydrogen) atoms. The quantitative estimate of drug-likeness (QED) is 0.871. The Kier molecular flexibility index (Phi) is 4.24. The SMILES string of the molecule is O=Cc1ccc2c(c1)N(CC(=O)Nc1ccc(F)cc1)C(=O)CO2. The summed E-state index contributed by atoms with van der Waals surface area (Å²) in [6.45, 7) is -0.424. The van der Waals surface area contributed by atoms with Crippen molar-refractivity contribution in [2.24, 2.45) is 0 Å². The third kappa shape index (κ3) is 3.24. The number of ether oxygens (including phenoxy) is 1. The highest BCUT2D eigenvalue weighted by molar-refractivity contribution is 6.05. The Bertz CT molecular complexity index is 805. The maximum absolute atomic E-state index is 12.9. The molecule has 1 aliphatic rings. The molecular formula is C17H13FN2O4. The van der Waals surface area contributed by atoms with Crippen LogP contribution < -0.4 is 15.0 Å². The lowest BCUT2D eigenvalue weighted by Gasteiger charge is -2.29. The summed E-state index contributed by atoms with van der Waals surface area (Å²) in [6.07, 6.45) is 0.649. The molecular weight excluding hydrogens is 315 g/mol. The molecule has 0 fully saturated rings. The van der Waals surface area contributed by atoms with Crippen molar-refractivity contribution in [1.29, 1.82) is 0 Å². The summed E-state index contributed by atoms with van der Waals surface area (Å²) >= 11 is 0. The number of aldehydes is 1. The summed E-state index contributed by atoms with van der Waals surface area (Å²) in [4.78, 5) is 36.4. The van der Waals surface area contributed by atoms with Crippen LogP contribution in [0.1, 0.15) is 10.4 Å². The van der Waals surface area contributed by atoms with Crippen LogP contribution in [0.3, 0.4) is 0 Å². The van der Waals surface area contributed by atoms with E-state index in [1.807, 2.05) is 0 Å². The van der Waals surface area contributed by atoms with Crippen LogP contribution in [0, 0.1) is 5.82 Å². The number of carbonyl (C=O) groups is 3. The fraction of sp³-hybridized carbons (Fsp3) is 0.118. The number of carbonyl (C=O) groups excluding carboxylic acids is 3. The van der Waals surface area contributed by atoms with Gasteiger partial charge in [-0.05, 0) is 42.5 Å². The number of fused-ring (bicyclic) bond motifs is 1. The highest BCUT2D eigenvalue weighted by Gasteiger charge is 2.27. The van der Waals surface area contributed by atoms with E-state index >= 15 is 0 Å². The maximum atomic E-state index is 12.9. The van der Waals surface area contributed by atoms with E-state index in [0.717, 1.165) is 0 Å². The molecule has 2 amide bonds. The van der Waals surface area contributed by atoms with Gasteiger partial charge < -0.3 is 10.1 Å². The number of anilines is 2. The number of benzene rings is 2. The van der Waals surface area contributed by atoms with Crippen molar-refractivity contribution in [3.8, 4) is 5.75 Å². The summed E-state index contributed by atoms with van der Waals surface area (Å²) in [5.74, 6) is -0.819. The van der Waals surface area contributed by atoms with E-state index in [4.69, 9.17) is 4.74 Å². The van der Waals surface area contributed by atoms with Crippen molar-refractivity contribution in [1.82, 2.24) is 0 Å². The third-order valence-electron chi connectivity index (χ3n) is 3.49. The average molecular weight is 328 g/mol. The Labute approximate surface area is 136 Å². The van der Waals surface area contributed by atoms with Crippen molar-refractivity contribution >= 4 is 29.5 Å². The number of nitrogens with zero attached hydrogens (tertiary/aromatic N) is 1. The molecule has 1 N–H and O–H groups in total. The number of halogens is 1. The summed E-state index contributed by atoms with van der Waals surface area (Å²) in [5.41, 5.74) is 1.16. The molecule has 0 bridgehead atoms. The highest BCUT2D eigenvalue weighted by Crippen LogP contribution is 2.32. The fourth-order valence-corrected chi connectivity index (χ4v) is 2.34. The smallest absolute Gasteiger partial charge is 0.265 e. The van der Waals surface area contributed by atoms with Crippen LogP contribution in [0.4, 0.5) is 15.8 Å². The molecule has 0 saturated carbocycles. The molecule has 6 nitrogen and oxygen atoms in total. The minimum atomic E-state index is -0.445. The van der Waals surface area contributed by atoms with E-state index in [1.54, 1.807) is 12.1 Å². The normalized spacial score (nSPS) is 13.0. The van der Waals surface area contributed by atoms with Crippen molar-refractivity contribution < 1.29 is 23.5 Å². The van der Waals surface area contributed by atoms with Crippen LogP contribution in [0.25, 0.3) is 0 Å². The van der Waals surface area contributed by atoms with Gasteiger partial charge in [0.15, 0.2) is 6.61 Å². The summed E-state index contributed by atoms with van der Waals surface area (Å²) in [5, 5.41) is 2.59. The number of amides is 2. The van der Waals surface area contributed by atoms with Gasteiger partial charge in [0, 0.05) is 11.3 Å². The van der Waals surface area contributed by atoms with Gasteiger partial charge >= 0.3 is 0 Å². The molecule has 1 heterocycles. The fourth-order valence-electron chi connectivity index (χ4n) is 2.34. The minimum Gasteiger partial charge on any atom is -0.482 e. The number of nitrogens with one attached hydrogen (secondary N) is 1. The maximum Gasteiger partial charge on any atom is 0.265 e. The number of rotatable bonds is 4. The monoisotopic (exact) mass is 328 g/mol. The zero-order valence-corrected chi connectivity index (χ0v) is 12.5. The van der Waals surface area contributed by atoms with Crippen LogP contribution in [-0.2, 0) is 9.59 Å². The Morgan fingerprint density at radius 3 is 2.71 bits per heavy atom. The lowest BCUT2D eigenvalue weighted by Crippen LogP contribution is -2.43. The van der Waals surface area contributed by atoms with E-state index in [0.29, 0.717) is 29.0 Å². The molecule has 7 heteroatoms. The van der Waals surface area contributed by atoms with Gasteiger partial charge in [-0.15, -0.1) is 0 Å². The zero-order chi connectivity index (χ0) is 17.1. The highest BCUT2D eigenvalue weighted by atomic mass is 19.1. The Hall–Kier alpha value is -3.22. The van der Waals surface area contributed by atoms with E-state index in [9.17, 15) is 18.8 Å². The zero-order valence-electron chi connectivity index (χ0n) is 12.5. The second-order valence-corrected chi connectivity index (χ2v) is 5.17. The molecule has 0 aromatic heterocycles. The van der Waals surface area contributed by atoms with Crippen LogP contribution in [0.15, 0.2) is 42.5 Å². The summed E-state index contributed by atoms with van der Waals surface area (Å²) in [6, 6.07) is 9.93. The van der Waals surface area contributed by atoms with Crippen molar-refractivity contribution in [2.75, 3.05) is 23.4 Å². The van der Waals surface area contributed by atoms with Gasteiger partial charge in [-0.1, -0.05) is 0 Å². The Morgan fingerprint density at radius 1 is 1.25 bits per heavy atom. The molecule has 2 aromatic rings. The lowest BCUT2D eigenvalue weighted by atomic mass is 10.1. The van der Waals surface area contributed by atoms with Gasteiger partial charge in [0.25, 0.3) is 5.91 Å². The predicted octanol–water partition coefficient (Wildman–Crippen LogP) is 2.00. The van der Waals surface area contributed by atoms with Gasteiger partial charge in [-0.3, -0.25) is 19.3 Å². The first-order chi connectivity index (χ1) is 11.6. The van der Waals surface area contributed by atoms with E-state index in [1.165, 1.54) is 35.2 Å². The second kappa shape index (κ2) is 6.49. The predicted molar refractivity (Wildman–Crippen MR) is 84.7 cm³/mol. The van der Waals surface area contributed by atoms with Crippen LogP contribution in [0.5, 0.6) is 5.75 Å². The van der Waals surface area contributed by atoms with Crippen LogP contribution in [-0.4, -0.2) is 31.3 Å². The second-order valence-electron chi connectivity index (χ2n) is 5.17. The van der Waals surface area contributed by atoms with Gasteiger partial charge in [0.1, 0.15) is 24.4 Å². The molecule has 1 aliphatic heterocycles. The van der Waals surface area contributed by atoms with Crippen molar-refractivity contribution in [3.63, 3.8) is 0 Å². The van der Waals surface area contributed by atoms with E-state index < -0.39 is 11.7 Å². The molecule has 0 spiro atoms. The van der Waals surface area contributed by atoms with Crippen molar-refractivity contribution in [2.45, 2.75) is 0 Å². The molecule has 0 radical (unpaired) electrons. The van der Waals surface area contributed by atoms with Crippen molar-refractivity contribution in [3.05, 3.63) is 53.8 Å². The van der Waals surface area contributed by atoms with Gasteiger partial charge in [0.05, 0.1) is 5.69 Å². The van der Waals surface area contributed by atoms with E-state index in [-0.39, 0.29) is 19.1 Å². The topological polar surface area (TPSA) is 75.7 Å². The first-order valence-electron chi connectivity index (χ1n) is 7.14. The molecule has 0 saturated heterocycles. The Morgan fingerprint density at radius 2 is 2.00 bits per heavy atom. The molecule has 0 unspecified atom stereocenters. The standard InChI is InChI=1S/C17H13FN2O4/c18-12-2-4-13(5-3-12)19-16(22)8-20-14-7-11(9-21)1-6-15(14)24-10-17(20)23/h1-7,9H,8,10H2,(H,19,22). The first kappa shape index (κ1) is 15.7. The van der Waals surface area contributed by atoms with E-state index in [2.05, 4.69) is 5.32 Å². The minimum absolute atomic E-state index is 0.183. The van der Waals surface area contributed by atoms with Gasteiger partial charge in [0.2, 0.25) is 5.91 Å². The largest absolute Gasteiger partial charge is 0.482 e. The Balaban J connectivity index is 1.79. The van der Waals surface area contributed by atoms with Gasteiger partial charge in [-0.25, -0.2) is 4.39 Å². The molecule has 122 valence electrons. The molecule has 0 atom stereocenters. The number of hydrogen-bond donors (Lipinski definition) is 1. The van der Waals surface area contributed by atoms with Crippen LogP contribution >= 0.6 is 0 Å². The third-order valence-corrected chi connectivity index (χ3v) is 3.49. The summed E-state index contributed by atoms with van der Waals surface area (Å²) < 4.78 is 18.2. The van der Waals surface area contributed by atoms with Crippen LogP contribution in [0.2, 0.25) is 0 Å².